The molecule has 0 aliphatic carbocycles. The lowest BCUT2D eigenvalue weighted by atomic mass is 9.99. The maximum Gasteiger partial charge on any atom is 0.322 e. The van der Waals surface area contributed by atoms with E-state index in [1.165, 1.54) is 18.2 Å². The lowest BCUT2D eigenvalue weighted by Crippen LogP contribution is -2.44. The van der Waals surface area contributed by atoms with E-state index in [9.17, 15) is 9.18 Å². The molecule has 1 aliphatic heterocycles. The molecule has 0 saturated heterocycles. The van der Waals surface area contributed by atoms with Gasteiger partial charge in [0.15, 0.2) is 0 Å². The molecule has 0 bridgehead atoms. The second-order valence-electron chi connectivity index (χ2n) is 6.25. The van der Waals surface area contributed by atoms with Gasteiger partial charge >= 0.3 is 6.03 Å². The molecule has 134 valence electrons. The molecule has 1 aliphatic rings. The molecule has 1 aromatic carbocycles. The van der Waals surface area contributed by atoms with E-state index in [0.29, 0.717) is 18.7 Å². The van der Waals surface area contributed by atoms with E-state index in [4.69, 9.17) is 11.6 Å². The van der Waals surface area contributed by atoms with Gasteiger partial charge in [0.2, 0.25) is 0 Å². The van der Waals surface area contributed by atoms with Crippen LogP contribution in [0.4, 0.5) is 14.9 Å². The largest absolute Gasteiger partial charge is 0.322 e. The summed E-state index contributed by atoms with van der Waals surface area (Å²) in [6, 6.07) is 7.90. The molecule has 0 spiro atoms. The number of urea groups is 1. The summed E-state index contributed by atoms with van der Waals surface area (Å²) in [5.74, 6) is -0.514. The molecule has 0 radical (unpaired) electrons. The summed E-state index contributed by atoms with van der Waals surface area (Å²) in [4.78, 5) is 15.6. The van der Waals surface area contributed by atoms with Crippen molar-refractivity contribution in [2.75, 3.05) is 5.32 Å². The van der Waals surface area contributed by atoms with Crippen LogP contribution in [-0.4, -0.2) is 27.2 Å². The zero-order chi connectivity index (χ0) is 18.3. The fraction of sp³-hybridized carbons (Fsp3) is 0.222. The number of H-pyrrole nitrogens is 1. The Labute approximate surface area is 158 Å². The maximum absolute atomic E-state index is 13.3. The Morgan fingerprint density at radius 3 is 3.04 bits per heavy atom. The molecule has 8 heteroatoms. The quantitative estimate of drug-likeness (QED) is 0.653. The molecule has 4 rings (SSSR count). The Kier molecular flexibility index (Phi) is 4.42. The fourth-order valence-electron chi connectivity index (χ4n) is 3.13. The minimum absolute atomic E-state index is 0.00931. The topological polar surface area (TPSA) is 61.0 Å². The zero-order valence-corrected chi connectivity index (χ0v) is 15.5. The summed E-state index contributed by atoms with van der Waals surface area (Å²) >= 11 is 7.41. The van der Waals surface area contributed by atoms with Crippen LogP contribution >= 0.6 is 22.9 Å². The Balaban J connectivity index is 1.57. The summed E-state index contributed by atoms with van der Waals surface area (Å²) in [6.45, 7) is 2.45. The number of hydrogen-bond donors (Lipinski definition) is 2. The maximum atomic E-state index is 13.3. The third-order valence-electron chi connectivity index (χ3n) is 4.50. The molecule has 2 aromatic heterocycles. The Morgan fingerprint density at radius 2 is 2.31 bits per heavy atom. The van der Waals surface area contributed by atoms with E-state index < -0.39 is 5.82 Å². The first-order chi connectivity index (χ1) is 12.5. The van der Waals surface area contributed by atoms with Gasteiger partial charge in [-0.15, -0.1) is 11.3 Å². The first-order valence-electron chi connectivity index (χ1n) is 8.15. The van der Waals surface area contributed by atoms with Gasteiger partial charge in [-0.1, -0.05) is 17.7 Å². The van der Waals surface area contributed by atoms with Gasteiger partial charge in [-0.2, -0.15) is 5.10 Å². The standard InChI is InChI=1S/C18H16ClFN4OS/c1-10-7-15-12(17(23-22-15)16-3-2-6-26-16)9-24(10)18(25)21-11-4-5-14(20)13(19)8-11/h2-6,8,10H,7,9H2,1H3,(H,21,25)(H,22,23)/t10-/m0/s1. The number of benzene rings is 1. The molecule has 2 amide bonds. The number of anilines is 1. The summed E-state index contributed by atoms with van der Waals surface area (Å²) in [6.07, 6.45) is 0.700. The number of hydrogen-bond acceptors (Lipinski definition) is 3. The smallest absolute Gasteiger partial charge is 0.317 e. The lowest BCUT2D eigenvalue weighted by Gasteiger charge is -2.33. The number of thiophene rings is 1. The summed E-state index contributed by atoms with van der Waals surface area (Å²) in [7, 11) is 0. The van der Waals surface area contributed by atoms with Crippen molar-refractivity contribution >= 4 is 34.7 Å². The number of amides is 2. The van der Waals surface area contributed by atoms with E-state index in [1.807, 2.05) is 24.4 Å². The Bertz CT molecular complexity index is 956. The van der Waals surface area contributed by atoms with Crippen molar-refractivity contribution in [3.63, 3.8) is 0 Å². The summed E-state index contributed by atoms with van der Waals surface area (Å²) < 4.78 is 13.3. The lowest BCUT2D eigenvalue weighted by molar-refractivity contribution is 0.182. The molecular weight excluding hydrogens is 375 g/mol. The number of aromatic nitrogens is 2. The monoisotopic (exact) mass is 390 g/mol. The van der Waals surface area contributed by atoms with Gasteiger partial charge < -0.3 is 10.2 Å². The van der Waals surface area contributed by atoms with E-state index in [0.717, 1.165) is 21.8 Å². The van der Waals surface area contributed by atoms with Gasteiger partial charge in [0.25, 0.3) is 0 Å². The second kappa shape index (κ2) is 6.74. The molecular formula is C18H16ClFN4OS. The van der Waals surface area contributed by atoms with Crippen LogP contribution in [0.1, 0.15) is 18.2 Å². The second-order valence-corrected chi connectivity index (χ2v) is 7.60. The number of rotatable bonds is 2. The predicted octanol–water partition coefficient (Wildman–Crippen LogP) is 4.91. The SMILES string of the molecule is C[C@H]1Cc2[nH]nc(-c3cccs3)c2CN1C(=O)Nc1ccc(F)c(Cl)c1. The molecule has 1 atom stereocenters. The highest BCUT2D eigenvalue weighted by Crippen LogP contribution is 2.33. The molecule has 5 nitrogen and oxygen atoms in total. The zero-order valence-electron chi connectivity index (χ0n) is 13.9. The van der Waals surface area contributed by atoms with Gasteiger partial charge in [0, 0.05) is 29.4 Å². The minimum atomic E-state index is -0.514. The van der Waals surface area contributed by atoms with Crippen LogP contribution < -0.4 is 5.32 Å². The van der Waals surface area contributed by atoms with E-state index in [2.05, 4.69) is 15.5 Å². The van der Waals surface area contributed by atoms with Crippen molar-refractivity contribution in [2.45, 2.75) is 25.9 Å². The fourth-order valence-corrected chi connectivity index (χ4v) is 4.05. The van der Waals surface area contributed by atoms with Gasteiger partial charge in [-0.05, 0) is 36.6 Å². The van der Waals surface area contributed by atoms with Crippen molar-refractivity contribution in [3.8, 4) is 10.6 Å². The number of fused-ring (bicyclic) bond motifs is 1. The van der Waals surface area contributed by atoms with Crippen LogP contribution in [0.2, 0.25) is 5.02 Å². The molecule has 3 aromatic rings. The van der Waals surface area contributed by atoms with E-state index in [-0.39, 0.29) is 17.1 Å². The highest BCUT2D eigenvalue weighted by molar-refractivity contribution is 7.13. The van der Waals surface area contributed by atoms with Crippen molar-refractivity contribution < 1.29 is 9.18 Å². The highest BCUT2D eigenvalue weighted by Gasteiger charge is 2.31. The Hall–Kier alpha value is -2.38. The summed E-state index contributed by atoms with van der Waals surface area (Å²) in [5.41, 5.74) is 3.46. The average molecular weight is 391 g/mol. The van der Waals surface area contributed by atoms with Crippen molar-refractivity contribution in [3.05, 3.63) is 57.8 Å². The minimum Gasteiger partial charge on any atom is -0.317 e. The van der Waals surface area contributed by atoms with Crippen molar-refractivity contribution in [2.24, 2.45) is 0 Å². The third kappa shape index (κ3) is 3.08. The van der Waals surface area contributed by atoms with Crippen LogP contribution in [0.5, 0.6) is 0 Å². The van der Waals surface area contributed by atoms with Crippen LogP contribution in [0.25, 0.3) is 10.6 Å². The van der Waals surface area contributed by atoms with Crippen LogP contribution in [0.3, 0.4) is 0 Å². The highest BCUT2D eigenvalue weighted by atomic mass is 35.5. The first-order valence-corrected chi connectivity index (χ1v) is 9.41. The van der Waals surface area contributed by atoms with Crippen molar-refractivity contribution in [1.29, 1.82) is 0 Å². The molecule has 26 heavy (non-hydrogen) atoms. The summed E-state index contributed by atoms with van der Waals surface area (Å²) in [5, 5.41) is 12.3. The normalized spacial score (nSPS) is 16.4. The van der Waals surface area contributed by atoms with Gasteiger partial charge in [0.05, 0.1) is 16.4 Å². The number of nitrogens with zero attached hydrogens (tertiary/aromatic N) is 2. The van der Waals surface area contributed by atoms with Gasteiger partial charge in [-0.3, -0.25) is 5.10 Å². The third-order valence-corrected chi connectivity index (χ3v) is 5.67. The first kappa shape index (κ1) is 17.1. The number of carbonyl (C=O) groups is 1. The van der Waals surface area contributed by atoms with Crippen LogP contribution in [-0.2, 0) is 13.0 Å². The Morgan fingerprint density at radius 1 is 1.46 bits per heavy atom. The number of halogens is 2. The van der Waals surface area contributed by atoms with Crippen molar-refractivity contribution in [1.82, 2.24) is 15.1 Å². The van der Waals surface area contributed by atoms with Gasteiger partial charge in [0.1, 0.15) is 11.5 Å². The predicted molar refractivity (Wildman–Crippen MR) is 101 cm³/mol. The molecule has 2 N–H and O–H groups in total. The van der Waals surface area contributed by atoms with Crippen LogP contribution in [0.15, 0.2) is 35.7 Å². The van der Waals surface area contributed by atoms with E-state index >= 15 is 0 Å². The molecule has 0 saturated carbocycles. The van der Waals surface area contributed by atoms with Crippen LogP contribution in [0, 0.1) is 5.82 Å². The average Bonchev–Trinajstić information content (AvgIpc) is 3.26. The molecule has 0 fully saturated rings. The van der Waals surface area contributed by atoms with Gasteiger partial charge in [-0.25, -0.2) is 9.18 Å². The van der Waals surface area contributed by atoms with E-state index in [1.54, 1.807) is 16.2 Å². The number of nitrogens with one attached hydrogen (secondary N) is 2. The number of aromatic amines is 1. The molecule has 3 heterocycles. The molecule has 0 unspecified atom stereocenters. The number of carbonyl (C=O) groups excluding carboxylic acids is 1.